The number of hydrogen-bond acceptors (Lipinski definition) is 3. The van der Waals surface area contributed by atoms with Gasteiger partial charge in [0.15, 0.2) is 0 Å². The van der Waals surface area contributed by atoms with Crippen LogP contribution in [0.25, 0.3) is 44.2 Å². The molecule has 12 rings (SSSR count). The van der Waals surface area contributed by atoms with Crippen LogP contribution in [0.3, 0.4) is 0 Å². The second-order valence-electron chi connectivity index (χ2n) is 16.6. The predicted octanol–water partition coefficient (Wildman–Crippen LogP) is 14.0. The minimum Gasteiger partial charge on any atom is -0.458 e. The molecule has 63 heavy (non-hydrogen) atoms. The molecule has 10 aromatic carbocycles. The van der Waals surface area contributed by atoms with E-state index in [1.807, 2.05) is 0 Å². The summed E-state index contributed by atoms with van der Waals surface area (Å²) >= 11 is 0. The summed E-state index contributed by atoms with van der Waals surface area (Å²) < 4.78 is 7.17. The Kier molecular flexibility index (Phi) is 8.82. The van der Waals surface area contributed by atoms with Crippen LogP contribution in [-0.4, -0.2) is 6.71 Å². The lowest BCUT2D eigenvalue weighted by Crippen LogP contribution is -2.59. The van der Waals surface area contributed by atoms with Gasteiger partial charge in [-0.1, -0.05) is 158 Å². The van der Waals surface area contributed by atoms with E-state index in [0.717, 1.165) is 62.2 Å². The van der Waals surface area contributed by atoms with Gasteiger partial charge >= 0.3 is 0 Å². The number of rotatable bonds is 7. The summed E-state index contributed by atoms with van der Waals surface area (Å²) in [5.41, 5.74) is 18.4. The van der Waals surface area contributed by atoms with E-state index in [0.29, 0.717) is 0 Å². The average Bonchev–Trinajstić information content (AvgIpc) is 3.34. The first-order chi connectivity index (χ1) is 31.1. The Bertz CT molecular complexity index is 3300. The van der Waals surface area contributed by atoms with Gasteiger partial charge in [-0.25, -0.2) is 0 Å². The highest BCUT2D eigenvalue weighted by Gasteiger charge is 2.43. The lowest BCUT2D eigenvalue weighted by molar-refractivity contribution is 0.487. The van der Waals surface area contributed by atoms with Crippen LogP contribution in [0.5, 0.6) is 11.5 Å². The second kappa shape index (κ2) is 15.1. The molecule has 0 aromatic heterocycles. The average molecular weight is 805 g/mol. The summed E-state index contributed by atoms with van der Waals surface area (Å²) in [4.78, 5) is 4.80. The van der Waals surface area contributed by atoms with Gasteiger partial charge in [0.1, 0.15) is 11.5 Å². The highest BCUT2D eigenvalue weighted by molar-refractivity contribution is 6.99. The largest absolute Gasteiger partial charge is 0.458 e. The van der Waals surface area contributed by atoms with Crippen molar-refractivity contribution >= 4 is 68.0 Å². The zero-order chi connectivity index (χ0) is 41.9. The first-order valence-electron chi connectivity index (χ1n) is 21.7. The van der Waals surface area contributed by atoms with Crippen molar-refractivity contribution < 1.29 is 4.74 Å². The monoisotopic (exact) mass is 804 g/mol. The van der Waals surface area contributed by atoms with E-state index in [2.05, 4.69) is 247 Å². The number of anilines is 6. The van der Waals surface area contributed by atoms with E-state index in [1.54, 1.807) is 0 Å². The molecule has 0 spiro atoms. The summed E-state index contributed by atoms with van der Waals surface area (Å²) in [5, 5.41) is 2.44. The Morgan fingerprint density at radius 3 is 1.65 bits per heavy atom. The number of para-hydroxylation sites is 2. The smallest absolute Gasteiger partial charge is 0.256 e. The third-order valence-electron chi connectivity index (χ3n) is 12.7. The molecule has 0 amide bonds. The van der Waals surface area contributed by atoms with Gasteiger partial charge in [0.25, 0.3) is 6.71 Å². The van der Waals surface area contributed by atoms with Crippen molar-refractivity contribution in [2.24, 2.45) is 0 Å². The van der Waals surface area contributed by atoms with E-state index in [4.69, 9.17) is 4.74 Å². The quantitative estimate of drug-likeness (QED) is 0.149. The molecule has 296 valence electrons. The highest BCUT2D eigenvalue weighted by Crippen LogP contribution is 2.47. The number of nitrogens with zero attached hydrogens (tertiary/aromatic N) is 2. The molecule has 0 radical (unpaired) electrons. The van der Waals surface area contributed by atoms with Crippen LogP contribution in [0.2, 0.25) is 0 Å². The molecule has 0 saturated heterocycles. The minimum absolute atomic E-state index is 0.0714. The maximum absolute atomic E-state index is 7.17. The second-order valence-corrected chi connectivity index (χ2v) is 16.6. The fourth-order valence-corrected chi connectivity index (χ4v) is 9.81. The Hall–Kier alpha value is -8.08. The van der Waals surface area contributed by atoms with Gasteiger partial charge in [-0.2, -0.15) is 0 Å². The molecule has 3 nitrogen and oxygen atoms in total. The Morgan fingerprint density at radius 1 is 0.381 bits per heavy atom. The maximum Gasteiger partial charge on any atom is 0.256 e. The molecule has 2 heterocycles. The topological polar surface area (TPSA) is 15.7 Å². The van der Waals surface area contributed by atoms with E-state index >= 15 is 0 Å². The standard InChI is InChI=1S/C59H41BN2O/c1-40-34-56-59-58(35-40)63-57-39-50(61(48-22-10-4-11-23-48)49-24-12-5-13-25-49)30-31-52(57)60(59)53-38-46(42-18-8-3-9-19-42)29-33-55(53)62(56)54-32-28-45(41-16-6-2-7-17-41)37-51(54)47-27-26-43-20-14-15-21-44(43)36-47/h2-39H,1H3. The number of aryl methyl sites for hydroxylation is 1. The van der Waals surface area contributed by atoms with E-state index in [-0.39, 0.29) is 6.71 Å². The number of ether oxygens (including phenoxy) is 1. The maximum atomic E-state index is 7.17. The Morgan fingerprint density at radius 2 is 0.968 bits per heavy atom. The summed E-state index contributed by atoms with van der Waals surface area (Å²) in [6.45, 7) is 2.11. The molecule has 0 bridgehead atoms. The Labute approximate surface area is 368 Å². The van der Waals surface area contributed by atoms with Gasteiger partial charge in [-0.15, -0.1) is 0 Å². The van der Waals surface area contributed by atoms with Crippen molar-refractivity contribution in [2.45, 2.75) is 6.92 Å². The SMILES string of the molecule is Cc1cc2c3c(c1)N(c1ccc(-c4ccccc4)cc1-c1ccc4ccccc4c1)c1ccc(-c4ccccc4)cc1B3c1ccc(N(c3ccccc3)c3ccccc3)cc1O2. The summed E-state index contributed by atoms with van der Waals surface area (Å²) in [7, 11) is 0. The molecule has 4 heteroatoms. The van der Waals surface area contributed by atoms with E-state index < -0.39 is 0 Å². The molecule has 10 aromatic rings. The fraction of sp³-hybridized carbons (Fsp3) is 0.0169. The summed E-state index contributed by atoms with van der Waals surface area (Å²) in [6, 6.07) is 83.5. The summed E-state index contributed by atoms with van der Waals surface area (Å²) in [5.74, 6) is 1.76. The van der Waals surface area contributed by atoms with Crippen molar-refractivity contribution in [3.63, 3.8) is 0 Å². The molecular weight excluding hydrogens is 763 g/mol. The zero-order valence-corrected chi connectivity index (χ0v) is 34.8. The molecule has 2 aliphatic heterocycles. The molecule has 0 saturated carbocycles. The van der Waals surface area contributed by atoms with Crippen LogP contribution in [0, 0.1) is 6.92 Å². The number of fused-ring (bicyclic) bond motifs is 5. The highest BCUT2D eigenvalue weighted by atomic mass is 16.5. The fourth-order valence-electron chi connectivity index (χ4n) is 9.81. The summed E-state index contributed by atoms with van der Waals surface area (Å²) in [6.07, 6.45) is 0. The molecule has 2 aliphatic rings. The van der Waals surface area contributed by atoms with Crippen molar-refractivity contribution in [1.82, 2.24) is 0 Å². The van der Waals surface area contributed by atoms with E-state index in [9.17, 15) is 0 Å². The van der Waals surface area contributed by atoms with Gasteiger partial charge in [-0.05, 0) is 134 Å². The van der Waals surface area contributed by atoms with Gasteiger partial charge in [-0.3, -0.25) is 0 Å². The van der Waals surface area contributed by atoms with Gasteiger partial charge in [0.2, 0.25) is 0 Å². The lowest BCUT2D eigenvalue weighted by atomic mass is 9.34. The van der Waals surface area contributed by atoms with Crippen LogP contribution in [0.15, 0.2) is 231 Å². The van der Waals surface area contributed by atoms with Crippen molar-refractivity contribution in [3.8, 4) is 44.9 Å². The minimum atomic E-state index is -0.0714. The van der Waals surface area contributed by atoms with Crippen LogP contribution < -0.4 is 30.9 Å². The molecule has 0 aliphatic carbocycles. The molecular formula is C59H41BN2O. The van der Waals surface area contributed by atoms with Gasteiger partial charge in [0.05, 0.1) is 5.69 Å². The zero-order valence-electron chi connectivity index (χ0n) is 34.8. The van der Waals surface area contributed by atoms with Crippen LogP contribution in [-0.2, 0) is 0 Å². The third-order valence-corrected chi connectivity index (χ3v) is 12.7. The van der Waals surface area contributed by atoms with Crippen molar-refractivity contribution in [1.29, 1.82) is 0 Å². The van der Waals surface area contributed by atoms with E-state index in [1.165, 1.54) is 49.5 Å². The number of hydrogen-bond donors (Lipinski definition) is 0. The lowest BCUT2D eigenvalue weighted by Gasteiger charge is -2.41. The molecule has 0 atom stereocenters. The predicted molar refractivity (Wildman–Crippen MR) is 266 cm³/mol. The number of benzene rings is 10. The third kappa shape index (κ3) is 6.38. The molecule has 0 unspecified atom stereocenters. The van der Waals surface area contributed by atoms with Crippen molar-refractivity contribution in [2.75, 3.05) is 9.80 Å². The van der Waals surface area contributed by atoms with Crippen LogP contribution >= 0.6 is 0 Å². The molecule has 0 fully saturated rings. The van der Waals surface area contributed by atoms with Crippen LogP contribution in [0.4, 0.5) is 34.1 Å². The van der Waals surface area contributed by atoms with Gasteiger partial charge in [0, 0.05) is 40.1 Å². The first-order valence-corrected chi connectivity index (χ1v) is 21.7. The van der Waals surface area contributed by atoms with Gasteiger partial charge < -0.3 is 14.5 Å². The first kappa shape index (κ1) is 36.7. The van der Waals surface area contributed by atoms with Crippen LogP contribution in [0.1, 0.15) is 5.56 Å². The Balaban J connectivity index is 1.09. The van der Waals surface area contributed by atoms with Crippen molar-refractivity contribution in [3.05, 3.63) is 236 Å². The molecule has 0 N–H and O–H groups in total. The normalized spacial score (nSPS) is 12.3.